The van der Waals surface area contributed by atoms with E-state index in [0.29, 0.717) is 33.9 Å². The van der Waals surface area contributed by atoms with Gasteiger partial charge in [-0.05, 0) is 49.9 Å². The molecule has 1 N–H and O–H groups in total. The summed E-state index contributed by atoms with van der Waals surface area (Å²) in [6.45, 7) is 3.80. The first-order valence-electron chi connectivity index (χ1n) is 9.49. The number of hydrogen-bond donors (Lipinski definition) is 1. The lowest BCUT2D eigenvalue weighted by Crippen LogP contribution is -2.42. The number of fused-ring (bicyclic) bond motifs is 1. The molecular formula is C22H21ClFN5O. The first-order chi connectivity index (χ1) is 14.0. The van der Waals surface area contributed by atoms with Gasteiger partial charge in [0.05, 0.1) is 17.1 Å². The van der Waals surface area contributed by atoms with Crippen LogP contribution in [-0.4, -0.2) is 49.7 Å². The molecule has 1 aromatic carbocycles. The fourth-order valence-corrected chi connectivity index (χ4v) is 3.86. The Hall–Kier alpha value is -3.03. The molecule has 0 aliphatic carbocycles. The molecule has 0 saturated carbocycles. The number of pyridine rings is 1. The lowest BCUT2D eigenvalue weighted by atomic mass is 9.96. The average molecular weight is 426 g/mol. The van der Waals surface area contributed by atoms with Gasteiger partial charge in [0.1, 0.15) is 5.75 Å². The van der Waals surface area contributed by atoms with E-state index in [-0.39, 0.29) is 18.2 Å². The second kappa shape index (κ2) is 7.66. The predicted octanol–water partition coefficient (Wildman–Crippen LogP) is 4.06. The smallest absolute Gasteiger partial charge is 0.173 e. The Labute approximate surface area is 179 Å². The van der Waals surface area contributed by atoms with Gasteiger partial charge in [-0.2, -0.15) is 10.2 Å². The molecule has 8 heteroatoms. The SMILES string of the molecule is Cc1cn2cc(-c3ccc(-c4ccc(C5CN(C)C5)nn4)c(O)c3)cc(F)c2n1.Cl. The lowest BCUT2D eigenvalue weighted by Gasteiger charge is -2.35. The van der Waals surface area contributed by atoms with E-state index < -0.39 is 5.82 Å². The van der Waals surface area contributed by atoms with Crippen molar-refractivity contribution in [3.05, 3.63) is 66.0 Å². The molecule has 1 aliphatic rings. The number of phenols is 1. The number of nitrogens with zero attached hydrogens (tertiary/aromatic N) is 5. The number of likely N-dealkylation sites (N-methyl/N-ethyl adjacent to an activating group) is 1. The number of aromatic nitrogens is 4. The van der Waals surface area contributed by atoms with Crippen molar-refractivity contribution in [1.82, 2.24) is 24.5 Å². The highest BCUT2D eigenvalue weighted by Gasteiger charge is 2.26. The molecule has 0 spiro atoms. The quantitative estimate of drug-likeness (QED) is 0.536. The number of aromatic hydroxyl groups is 1. The summed E-state index contributed by atoms with van der Waals surface area (Å²) < 4.78 is 16.0. The fraction of sp³-hybridized carbons (Fsp3) is 0.227. The van der Waals surface area contributed by atoms with Gasteiger partial charge in [-0.25, -0.2) is 9.37 Å². The predicted molar refractivity (Wildman–Crippen MR) is 115 cm³/mol. The molecule has 30 heavy (non-hydrogen) atoms. The Morgan fingerprint density at radius 2 is 1.83 bits per heavy atom. The number of hydrogen-bond acceptors (Lipinski definition) is 5. The molecule has 3 aromatic heterocycles. The minimum atomic E-state index is -0.401. The van der Waals surface area contributed by atoms with Crippen LogP contribution in [0.5, 0.6) is 5.75 Å². The van der Waals surface area contributed by atoms with Gasteiger partial charge in [-0.1, -0.05) is 6.07 Å². The summed E-state index contributed by atoms with van der Waals surface area (Å²) in [4.78, 5) is 6.41. The van der Waals surface area contributed by atoms with Gasteiger partial charge in [0.15, 0.2) is 11.5 Å². The summed E-state index contributed by atoms with van der Waals surface area (Å²) in [5.41, 5.74) is 4.58. The van der Waals surface area contributed by atoms with Crippen LogP contribution in [0.1, 0.15) is 17.3 Å². The molecule has 4 aromatic rings. The Morgan fingerprint density at radius 1 is 1.03 bits per heavy atom. The Balaban J connectivity index is 0.00000218. The minimum Gasteiger partial charge on any atom is -0.507 e. The second-order valence-electron chi connectivity index (χ2n) is 7.68. The van der Waals surface area contributed by atoms with Crippen molar-refractivity contribution in [3.8, 4) is 28.1 Å². The molecule has 154 valence electrons. The highest BCUT2D eigenvalue weighted by atomic mass is 35.5. The van der Waals surface area contributed by atoms with Crippen molar-refractivity contribution in [1.29, 1.82) is 0 Å². The summed E-state index contributed by atoms with van der Waals surface area (Å²) >= 11 is 0. The van der Waals surface area contributed by atoms with Crippen LogP contribution < -0.4 is 0 Å². The monoisotopic (exact) mass is 425 g/mol. The maximum Gasteiger partial charge on any atom is 0.173 e. The van der Waals surface area contributed by atoms with E-state index in [4.69, 9.17) is 0 Å². The first kappa shape index (κ1) is 20.3. The first-order valence-corrected chi connectivity index (χ1v) is 9.49. The highest BCUT2D eigenvalue weighted by Crippen LogP contribution is 2.33. The Kier molecular flexibility index (Phi) is 5.17. The maximum absolute atomic E-state index is 14.4. The number of benzene rings is 1. The van der Waals surface area contributed by atoms with Gasteiger partial charge >= 0.3 is 0 Å². The molecule has 0 radical (unpaired) electrons. The van der Waals surface area contributed by atoms with Crippen molar-refractivity contribution in [2.45, 2.75) is 12.8 Å². The number of aryl methyl sites for hydroxylation is 1. The van der Waals surface area contributed by atoms with Crippen molar-refractivity contribution < 1.29 is 9.50 Å². The van der Waals surface area contributed by atoms with E-state index in [1.165, 1.54) is 6.07 Å². The van der Waals surface area contributed by atoms with Crippen LogP contribution in [0, 0.1) is 12.7 Å². The van der Waals surface area contributed by atoms with Crippen molar-refractivity contribution in [2.24, 2.45) is 0 Å². The van der Waals surface area contributed by atoms with Crippen molar-refractivity contribution in [3.63, 3.8) is 0 Å². The van der Waals surface area contributed by atoms with Gasteiger partial charge in [0.2, 0.25) is 0 Å². The molecule has 0 bridgehead atoms. The molecule has 5 rings (SSSR count). The molecule has 0 atom stereocenters. The number of imidazole rings is 1. The third-order valence-electron chi connectivity index (χ3n) is 5.40. The van der Waals surface area contributed by atoms with E-state index in [1.807, 2.05) is 25.1 Å². The van der Waals surface area contributed by atoms with Crippen LogP contribution in [0.3, 0.4) is 0 Å². The van der Waals surface area contributed by atoms with Crippen LogP contribution in [0.4, 0.5) is 4.39 Å². The summed E-state index contributed by atoms with van der Waals surface area (Å²) in [6.07, 6.45) is 3.57. The summed E-state index contributed by atoms with van der Waals surface area (Å²) in [6, 6.07) is 10.5. The maximum atomic E-state index is 14.4. The zero-order valence-electron chi connectivity index (χ0n) is 16.6. The van der Waals surface area contributed by atoms with E-state index in [9.17, 15) is 9.50 Å². The zero-order chi connectivity index (χ0) is 20.1. The van der Waals surface area contributed by atoms with Crippen LogP contribution >= 0.6 is 12.4 Å². The number of phenolic OH excluding ortho intramolecular Hbond substituents is 1. The van der Waals surface area contributed by atoms with Crippen molar-refractivity contribution in [2.75, 3.05) is 20.1 Å². The standard InChI is InChI=1S/C22H20FN5O.ClH/c1-13-9-28-12-15(7-18(23)22(28)24-13)14-3-4-17(21(29)8-14)20-6-5-19(25-26-20)16-10-27(2)11-16;/h3-9,12,16,29H,10-11H2,1-2H3;1H. The molecule has 1 saturated heterocycles. The Morgan fingerprint density at radius 3 is 2.50 bits per heavy atom. The van der Waals surface area contributed by atoms with Gasteiger partial charge < -0.3 is 14.4 Å². The average Bonchev–Trinajstić information content (AvgIpc) is 3.07. The van der Waals surface area contributed by atoms with Gasteiger partial charge in [-0.15, -0.1) is 12.4 Å². The van der Waals surface area contributed by atoms with E-state index in [2.05, 4.69) is 27.1 Å². The Bertz CT molecular complexity index is 1220. The normalized spacial score (nSPS) is 14.5. The van der Waals surface area contributed by atoms with Gasteiger partial charge in [-0.3, -0.25) is 0 Å². The van der Waals surface area contributed by atoms with Crippen molar-refractivity contribution >= 4 is 18.1 Å². The molecule has 6 nitrogen and oxygen atoms in total. The van der Waals surface area contributed by atoms with Crippen LogP contribution in [-0.2, 0) is 0 Å². The number of halogens is 2. The molecule has 0 amide bonds. The fourth-order valence-electron chi connectivity index (χ4n) is 3.86. The second-order valence-corrected chi connectivity index (χ2v) is 7.68. The topological polar surface area (TPSA) is 66.5 Å². The third kappa shape index (κ3) is 3.51. The minimum absolute atomic E-state index is 0. The van der Waals surface area contributed by atoms with E-state index in [1.54, 1.807) is 28.9 Å². The highest BCUT2D eigenvalue weighted by molar-refractivity contribution is 5.85. The van der Waals surface area contributed by atoms with E-state index in [0.717, 1.165) is 24.5 Å². The van der Waals surface area contributed by atoms with Crippen LogP contribution in [0.15, 0.2) is 48.8 Å². The van der Waals surface area contributed by atoms with E-state index >= 15 is 0 Å². The summed E-state index contributed by atoms with van der Waals surface area (Å²) in [7, 11) is 2.08. The summed E-state index contributed by atoms with van der Waals surface area (Å²) in [5, 5.41) is 19.2. The molecular weight excluding hydrogens is 405 g/mol. The van der Waals surface area contributed by atoms with Crippen LogP contribution in [0.2, 0.25) is 0 Å². The molecule has 1 aliphatic heterocycles. The number of likely N-dealkylation sites (tertiary alicyclic amines) is 1. The zero-order valence-corrected chi connectivity index (χ0v) is 17.4. The van der Waals surface area contributed by atoms with Gasteiger partial charge in [0, 0.05) is 42.5 Å². The van der Waals surface area contributed by atoms with Crippen LogP contribution in [0.25, 0.3) is 28.0 Å². The van der Waals surface area contributed by atoms with Gasteiger partial charge in [0.25, 0.3) is 0 Å². The summed E-state index contributed by atoms with van der Waals surface area (Å²) in [5.74, 6) is 0.103. The number of rotatable bonds is 3. The molecule has 1 fully saturated rings. The third-order valence-corrected chi connectivity index (χ3v) is 5.40. The largest absolute Gasteiger partial charge is 0.507 e. The lowest BCUT2D eigenvalue weighted by molar-refractivity contribution is 0.186. The molecule has 0 unspecified atom stereocenters. The molecule has 4 heterocycles.